The number of hydrogen-bond acceptors (Lipinski definition) is 3. The SMILES string of the molecule is Nc1cccc(N(CCO)C2CCCC2)c1. The van der Waals surface area contributed by atoms with Crippen LogP contribution in [0.1, 0.15) is 25.7 Å². The van der Waals surface area contributed by atoms with Gasteiger partial charge in [-0.05, 0) is 31.0 Å². The molecule has 1 aliphatic carbocycles. The summed E-state index contributed by atoms with van der Waals surface area (Å²) in [6.07, 6.45) is 5.06. The number of aliphatic hydroxyl groups excluding tert-OH is 1. The molecule has 0 aromatic heterocycles. The first kappa shape index (κ1) is 11.3. The molecule has 0 aliphatic heterocycles. The number of nitrogen functional groups attached to an aromatic ring is 1. The molecule has 2 rings (SSSR count). The maximum Gasteiger partial charge on any atom is 0.0606 e. The quantitative estimate of drug-likeness (QED) is 0.763. The van der Waals surface area contributed by atoms with Crippen molar-refractivity contribution in [2.45, 2.75) is 31.7 Å². The van der Waals surface area contributed by atoms with Crippen LogP contribution in [0.5, 0.6) is 0 Å². The zero-order valence-corrected chi connectivity index (χ0v) is 9.60. The summed E-state index contributed by atoms with van der Waals surface area (Å²) in [6, 6.07) is 8.52. The molecule has 0 radical (unpaired) electrons. The summed E-state index contributed by atoms with van der Waals surface area (Å²) in [7, 11) is 0. The van der Waals surface area contributed by atoms with E-state index in [-0.39, 0.29) is 6.61 Å². The Morgan fingerprint density at radius 2 is 2.06 bits per heavy atom. The highest BCUT2D eigenvalue weighted by molar-refractivity contribution is 5.56. The second-order valence-electron chi connectivity index (χ2n) is 4.45. The zero-order valence-electron chi connectivity index (χ0n) is 9.60. The molecular weight excluding hydrogens is 200 g/mol. The number of nitrogens with two attached hydrogens (primary N) is 1. The van der Waals surface area contributed by atoms with Crippen LogP contribution < -0.4 is 10.6 Å². The zero-order chi connectivity index (χ0) is 11.4. The van der Waals surface area contributed by atoms with Gasteiger partial charge in [-0.15, -0.1) is 0 Å². The molecule has 1 aromatic carbocycles. The summed E-state index contributed by atoms with van der Waals surface area (Å²) in [5, 5.41) is 9.15. The lowest BCUT2D eigenvalue weighted by atomic mass is 10.1. The topological polar surface area (TPSA) is 49.5 Å². The first-order valence-corrected chi connectivity index (χ1v) is 6.04. The van der Waals surface area contributed by atoms with Crippen LogP contribution in [0, 0.1) is 0 Å². The molecule has 0 spiro atoms. The van der Waals surface area contributed by atoms with Crippen molar-refractivity contribution in [1.29, 1.82) is 0 Å². The smallest absolute Gasteiger partial charge is 0.0606 e. The largest absolute Gasteiger partial charge is 0.399 e. The van der Waals surface area contributed by atoms with Gasteiger partial charge >= 0.3 is 0 Å². The number of aliphatic hydroxyl groups is 1. The van der Waals surface area contributed by atoms with E-state index in [0.29, 0.717) is 12.6 Å². The lowest BCUT2D eigenvalue weighted by Crippen LogP contribution is -2.35. The number of benzene rings is 1. The Morgan fingerprint density at radius 3 is 2.69 bits per heavy atom. The number of rotatable bonds is 4. The van der Waals surface area contributed by atoms with Gasteiger partial charge in [0, 0.05) is 24.0 Å². The Hall–Kier alpha value is -1.22. The van der Waals surface area contributed by atoms with E-state index >= 15 is 0 Å². The molecule has 0 amide bonds. The molecule has 0 bridgehead atoms. The van der Waals surface area contributed by atoms with Crippen molar-refractivity contribution < 1.29 is 5.11 Å². The van der Waals surface area contributed by atoms with Gasteiger partial charge in [-0.3, -0.25) is 0 Å². The average Bonchev–Trinajstić information content (AvgIpc) is 2.79. The minimum atomic E-state index is 0.200. The minimum Gasteiger partial charge on any atom is -0.399 e. The molecule has 1 aliphatic rings. The van der Waals surface area contributed by atoms with Gasteiger partial charge in [-0.1, -0.05) is 18.9 Å². The van der Waals surface area contributed by atoms with Crippen LogP contribution in [0.4, 0.5) is 11.4 Å². The average molecular weight is 220 g/mol. The number of hydrogen-bond donors (Lipinski definition) is 2. The molecule has 3 nitrogen and oxygen atoms in total. The third-order valence-corrected chi connectivity index (χ3v) is 3.31. The van der Waals surface area contributed by atoms with E-state index in [9.17, 15) is 0 Å². The molecule has 0 heterocycles. The van der Waals surface area contributed by atoms with E-state index in [1.807, 2.05) is 18.2 Å². The second kappa shape index (κ2) is 5.21. The van der Waals surface area contributed by atoms with Gasteiger partial charge in [0.05, 0.1) is 6.61 Å². The fourth-order valence-corrected chi connectivity index (χ4v) is 2.55. The van der Waals surface area contributed by atoms with Gasteiger partial charge in [-0.2, -0.15) is 0 Å². The van der Waals surface area contributed by atoms with Crippen LogP contribution in [0.3, 0.4) is 0 Å². The van der Waals surface area contributed by atoms with Gasteiger partial charge in [0.15, 0.2) is 0 Å². The summed E-state index contributed by atoms with van der Waals surface area (Å²) < 4.78 is 0. The Labute approximate surface area is 96.9 Å². The summed E-state index contributed by atoms with van der Waals surface area (Å²) >= 11 is 0. The third kappa shape index (κ3) is 2.47. The molecule has 1 saturated carbocycles. The first-order chi connectivity index (χ1) is 7.81. The lowest BCUT2D eigenvalue weighted by molar-refractivity contribution is 0.297. The Bertz CT molecular complexity index is 334. The predicted molar refractivity (Wildman–Crippen MR) is 67.5 cm³/mol. The number of nitrogens with zero attached hydrogens (tertiary/aromatic N) is 1. The second-order valence-corrected chi connectivity index (χ2v) is 4.45. The summed E-state index contributed by atoms with van der Waals surface area (Å²) in [5.41, 5.74) is 7.73. The van der Waals surface area contributed by atoms with Crippen molar-refractivity contribution in [1.82, 2.24) is 0 Å². The predicted octanol–water partition coefficient (Wildman–Crippen LogP) is 2.01. The van der Waals surface area contributed by atoms with Crippen molar-refractivity contribution in [2.24, 2.45) is 0 Å². The van der Waals surface area contributed by atoms with Gasteiger partial charge in [-0.25, -0.2) is 0 Å². The molecular formula is C13H20N2O. The molecule has 0 unspecified atom stereocenters. The monoisotopic (exact) mass is 220 g/mol. The van der Waals surface area contributed by atoms with Crippen LogP contribution in [0.25, 0.3) is 0 Å². The maximum absolute atomic E-state index is 9.15. The highest BCUT2D eigenvalue weighted by Gasteiger charge is 2.22. The molecule has 1 fully saturated rings. The van der Waals surface area contributed by atoms with E-state index in [0.717, 1.165) is 11.4 Å². The molecule has 0 saturated heterocycles. The van der Waals surface area contributed by atoms with Gasteiger partial charge in [0.1, 0.15) is 0 Å². The number of anilines is 2. The van der Waals surface area contributed by atoms with Crippen molar-refractivity contribution in [3.05, 3.63) is 24.3 Å². The van der Waals surface area contributed by atoms with Crippen LogP contribution in [0.15, 0.2) is 24.3 Å². The van der Waals surface area contributed by atoms with Crippen LogP contribution >= 0.6 is 0 Å². The third-order valence-electron chi connectivity index (χ3n) is 3.31. The summed E-state index contributed by atoms with van der Waals surface area (Å²) in [5.74, 6) is 0. The van der Waals surface area contributed by atoms with Gasteiger partial charge in [0.25, 0.3) is 0 Å². The van der Waals surface area contributed by atoms with Crippen molar-refractivity contribution >= 4 is 11.4 Å². The Morgan fingerprint density at radius 1 is 1.31 bits per heavy atom. The van der Waals surface area contributed by atoms with E-state index in [4.69, 9.17) is 10.8 Å². The van der Waals surface area contributed by atoms with Crippen molar-refractivity contribution in [2.75, 3.05) is 23.8 Å². The molecule has 3 N–H and O–H groups in total. The minimum absolute atomic E-state index is 0.200. The Kier molecular flexibility index (Phi) is 3.67. The first-order valence-electron chi connectivity index (χ1n) is 6.04. The highest BCUT2D eigenvalue weighted by atomic mass is 16.3. The van der Waals surface area contributed by atoms with E-state index in [1.165, 1.54) is 25.7 Å². The van der Waals surface area contributed by atoms with Gasteiger partial charge < -0.3 is 15.7 Å². The fourth-order valence-electron chi connectivity index (χ4n) is 2.55. The highest BCUT2D eigenvalue weighted by Crippen LogP contribution is 2.28. The fraction of sp³-hybridized carbons (Fsp3) is 0.538. The van der Waals surface area contributed by atoms with E-state index in [1.54, 1.807) is 0 Å². The van der Waals surface area contributed by atoms with Crippen molar-refractivity contribution in [3.63, 3.8) is 0 Å². The lowest BCUT2D eigenvalue weighted by Gasteiger charge is -2.30. The van der Waals surface area contributed by atoms with Crippen LogP contribution in [-0.2, 0) is 0 Å². The van der Waals surface area contributed by atoms with E-state index < -0.39 is 0 Å². The molecule has 16 heavy (non-hydrogen) atoms. The summed E-state index contributed by atoms with van der Waals surface area (Å²) in [4.78, 5) is 2.30. The van der Waals surface area contributed by atoms with E-state index in [2.05, 4.69) is 11.0 Å². The normalized spacial score (nSPS) is 16.6. The van der Waals surface area contributed by atoms with Crippen LogP contribution in [0.2, 0.25) is 0 Å². The molecule has 0 atom stereocenters. The standard InChI is InChI=1S/C13H20N2O/c14-11-4-3-7-13(10-11)15(8-9-16)12-5-1-2-6-12/h3-4,7,10,12,16H,1-2,5-6,8-9,14H2. The van der Waals surface area contributed by atoms with Crippen molar-refractivity contribution in [3.8, 4) is 0 Å². The maximum atomic E-state index is 9.15. The van der Waals surface area contributed by atoms with Gasteiger partial charge in [0.2, 0.25) is 0 Å². The van der Waals surface area contributed by atoms with Crippen LogP contribution in [-0.4, -0.2) is 24.3 Å². The molecule has 3 heteroatoms. The molecule has 88 valence electrons. The Balaban J connectivity index is 2.17. The summed E-state index contributed by atoms with van der Waals surface area (Å²) in [6.45, 7) is 0.902. The molecule has 1 aromatic rings.